The minimum Gasteiger partial charge on any atom is -0.278 e. The molecular weight excluding hydrogens is 1180 g/mol. The fraction of sp³-hybridized carbons (Fsp3) is 0.0225. The van der Waals surface area contributed by atoms with E-state index in [4.69, 9.17) is 15.0 Å². The fourth-order valence-electron chi connectivity index (χ4n) is 16.4. The maximum absolute atomic E-state index is 5.80. The van der Waals surface area contributed by atoms with Gasteiger partial charge in [0.05, 0.1) is 11.0 Å². The molecule has 3 aliphatic rings. The Balaban J connectivity index is 0.894. The van der Waals surface area contributed by atoms with Crippen molar-refractivity contribution < 1.29 is 0 Å². The Morgan fingerprint density at radius 2 is 0.632 bits per heavy atom. The largest absolute Gasteiger partial charge is 0.278 e. The Kier molecular flexibility index (Phi) is 13.7. The molecule has 0 saturated heterocycles. The summed E-state index contributed by atoms with van der Waals surface area (Å²) < 4.78 is 2.25. The lowest BCUT2D eigenvalue weighted by Gasteiger charge is -2.46. The van der Waals surface area contributed by atoms with Crippen LogP contribution in [0.4, 0.5) is 0 Å². The fourth-order valence-corrected chi connectivity index (χ4v) is 26.2. The van der Waals surface area contributed by atoms with E-state index in [0.717, 1.165) is 32.9 Å². The standard InChI is InChI=1S/C89H62N4Si2/c1-8-30-61(31-9-1)64-58-65(62-32-10-2-11-33-62)60-72(59-64)95(69-40-18-6-19-41-69,70-42-20-7-21-43-70)82-53-29-49-78-83-75-46-22-23-47-76(75)86(85(78)82)84-77(83)48-28-50-79(84)88-90-87(91-89(92-88)93-80-51-26-24-44-73(80)74-45-25-27-52-81(74)93)63-54-56-71(57-55-63)94(66-34-12-3-13-35-66,67-36-14-4-15-37-67)68-38-16-5-17-39-68/h1-60,83,86H. The summed E-state index contributed by atoms with van der Waals surface area (Å²) in [5, 5.41) is 12.9. The highest BCUT2D eigenvalue weighted by Crippen LogP contribution is 2.57. The Bertz CT molecular complexity index is 5290. The average molecular weight is 1240 g/mol. The van der Waals surface area contributed by atoms with Crippen molar-refractivity contribution in [1.29, 1.82) is 0 Å². The van der Waals surface area contributed by atoms with E-state index in [2.05, 4.69) is 369 Å². The maximum Gasteiger partial charge on any atom is 0.238 e. The molecule has 19 rings (SSSR count). The predicted molar refractivity (Wildman–Crippen MR) is 398 cm³/mol. The lowest BCUT2D eigenvalue weighted by atomic mass is 9.60. The molecule has 4 nitrogen and oxygen atoms in total. The summed E-state index contributed by atoms with van der Waals surface area (Å²) in [6.07, 6.45) is 0. The van der Waals surface area contributed by atoms with Gasteiger partial charge in [0.25, 0.3) is 0 Å². The van der Waals surface area contributed by atoms with Crippen LogP contribution in [-0.2, 0) is 0 Å². The van der Waals surface area contributed by atoms with Crippen LogP contribution in [0.15, 0.2) is 364 Å². The van der Waals surface area contributed by atoms with Gasteiger partial charge in [-0.15, -0.1) is 0 Å². The molecule has 14 aromatic carbocycles. The quantitative estimate of drug-likeness (QED) is 0.0853. The van der Waals surface area contributed by atoms with E-state index >= 15 is 0 Å². The van der Waals surface area contributed by atoms with Gasteiger partial charge in [-0.25, -0.2) is 4.98 Å². The Morgan fingerprint density at radius 3 is 1.14 bits per heavy atom. The first-order chi connectivity index (χ1) is 47.1. The zero-order chi connectivity index (χ0) is 62.9. The first kappa shape index (κ1) is 56.1. The van der Waals surface area contributed by atoms with Crippen molar-refractivity contribution in [3.8, 4) is 51.0 Å². The number of nitrogens with zero attached hydrogens (tertiary/aromatic N) is 4. The SMILES string of the molecule is c1ccc(-c2cc(-c3ccccc3)cc([Si](c3ccccc3)(c3ccccc3)c3cccc4c3C3c5ccccc5C4c4cccc(-c5nc(-c6ccc([Si](c7ccccc7)(c7ccccc7)c7ccccc7)cc6)nc(-n6c7ccccc7c7ccccc76)n5)c43)c2)cc1. The molecule has 0 radical (unpaired) electrons. The Morgan fingerprint density at radius 1 is 0.242 bits per heavy atom. The first-order valence-electron chi connectivity index (χ1n) is 32.9. The van der Waals surface area contributed by atoms with Crippen LogP contribution < -0.4 is 41.5 Å². The number of fused-ring (bicyclic) bond motifs is 3. The van der Waals surface area contributed by atoms with Gasteiger partial charge < -0.3 is 0 Å². The predicted octanol–water partition coefficient (Wildman–Crippen LogP) is 15.4. The van der Waals surface area contributed by atoms with Crippen LogP contribution in [0.1, 0.15) is 45.2 Å². The van der Waals surface area contributed by atoms with Crippen molar-refractivity contribution in [2.24, 2.45) is 0 Å². The number of hydrogen-bond donors (Lipinski definition) is 0. The molecule has 0 N–H and O–H groups in total. The number of benzene rings is 14. The van der Waals surface area contributed by atoms with Gasteiger partial charge in [-0.1, -0.05) is 346 Å². The van der Waals surface area contributed by atoms with Crippen molar-refractivity contribution in [2.45, 2.75) is 11.8 Å². The summed E-state index contributed by atoms with van der Waals surface area (Å²) >= 11 is 0. The van der Waals surface area contributed by atoms with E-state index in [0.29, 0.717) is 17.6 Å². The molecule has 0 fully saturated rings. The van der Waals surface area contributed by atoms with Crippen molar-refractivity contribution in [2.75, 3.05) is 0 Å². The molecule has 95 heavy (non-hydrogen) atoms. The van der Waals surface area contributed by atoms with E-state index in [1.54, 1.807) is 0 Å². The number of hydrogen-bond acceptors (Lipinski definition) is 3. The lowest BCUT2D eigenvalue weighted by molar-refractivity contribution is 0.758. The highest BCUT2D eigenvalue weighted by molar-refractivity contribution is 7.20. The minimum atomic E-state index is -3.36. The van der Waals surface area contributed by atoms with Crippen molar-refractivity contribution in [3.05, 3.63) is 397 Å². The Hall–Kier alpha value is -11.7. The summed E-state index contributed by atoms with van der Waals surface area (Å²) in [5.41, 5.74) is 16.7. The van der Waals surface area contributed by atoms with Crippen LogP contribution >= 0.6 is 0 Å². The van der Waals surface area contributed by atoms with Gasteiger partial charge in [0, 0.05) is 33.7 Å². The second kappa shape index (κ2) is 23.2. The lowest BCUT2D eigenvalue weighted by Crippen LogP contribution is -2.75. The van der Waals surface area contributed by atoms with Crippen LogP contribution in [0.2, 0.25) is 0 Å². The van der Waals surface area contributed by atoms with Gasteiger partial charge in [0.2, 0.25) is 5.95 Å². The molecule has 16 aromatic rings. The van der Waals surface area contributed by atoms with Gasteiger partial charge in [-0.2, -0.15) is 9.97 Å². The molecular formula is C89H62N4Si2. The van der Waals surface area contributed by atoms with Crippen molar-refractivity contribution in [1.82, 2.24) is 19.5 Å². The molecule has 2 heterocycles. The Labute approximate surface area is 555 Å². The molecule has 0 amide bonds. The van der Waals surface area contributed by atoms with E-state index in [9.17, 15) is 0 Å². The van der Waals surface area contributed by atoms with Crippen LogP contribution in [0.3, 0.4) is 0 Å². The highest BCUT2D eigenvalue weighted by Gasteiger charge is 2.50. The molecule has 0 saturated carbocycles. The van der Waals surface area contributed by atoms with Gasteiger partial charge in [0.15, 0.2) is 27.8 Å². The topological polar surface area (TPSA) is 43.6 Å². The molecule has 2 aromatic heterocycles. The normalized spacial score (nSPS) is 13.9. The summed E-state index contributed by atoms with van der Waals surface area (Å²) in [7, 11) is -6.22. The molecule has 0 aliphatic heterocycles. The van der Waals surface area contributed by atoms with E-state index in [1.807, 2.05) is 0 Å². The van der Waals surface area contributed by atoms with Gasteiger partial charge in [-0.05, 0) is 115 Å². The summed E-state index contributed by atoms with van der Waals surface area (Å²) in [5.74, 6) is 1.55. The minimum absolute atomic E-state index is 0.0659. The third kappa shape index (κ3) is 8.97. The summed E-state index contributed by atoms with van der Waals surface area (Å²) in [6.45, 7) is 0. The second-order valence-corrected chi connectivity index (χ2v) is 32.8. The van der Waals surface area contributed by atoms with Gasteiger partial charge in [0.1, 0.15) is 0 Å². The average Bonchev–Trinajstić information content (AvgIpc) is 1.19. The van der Waals surface area contributed by atoms with Crippen LogP contribution in [-0.4, -0.2) is 35.7 Å². The third-order valence-corrected chi connectivity index (χ3v) is 29.9. The smallest absolute Gasteiger partial charge is 0.238 e. The zero-order valence-corrected chi connectivity index (χ0v) is 54.1. The van der Waals surface area contributed by atoms with Gasteiger partial charge >= 0.3 is 0 Å². The van der Waals surface area contributed by atoms with Crippen molar-refractivity contribution in [3.63, 3.8) is 0 Å². The molecule has 2 atom stereocenters. The number of aromatic nitrogens is 4. The van der Waals surface area contributed by atoms with Crippen molar-refractivity contribution >= 4 is 79.4 Å². The summed E-state index contributed by atoms with van der Waals surface area (Å²) in [6, 6.07) is 136. The molecule has 3 aliphatic carbocycles. The third-order valence-electron chi connectivity index (χ3n) is 20.3. The monoisotopic (exact) mass is 1240 g/mol. The van der Waals surface area contributed by atoms with E-state index < -0.39 is 16.1 Å². The number of rotatable bonds is 13. The van der Waals surface area contributed by atoms with Gasteiger partial charge in [-0.3, -0.25) is 4.57 Å². The van der Waals surface area contributed by atoms with E-state index in [1.165, 1.54) is 97.1 Å². The highest BCUT2D eigenvalue weighted by atomic mass is 28.3. The molecule has 6 heteroatoms. The number of para-hydroxylation sites is 2. The van der Waals surface area contributed by atoms with Crippen LogP contribution in [0.25, 0.3) is 72.8 Å². The molecule has 0 spiro atoms. The molecule has 2 unspecified atom stereocenters. The second-order valence-electron chi connectivity index (χ2n) is 25.2. The zero-order valence-electron chi connectivity index (χ0n) is 52.1. The summed E-state index contributed by atoms with van der Waals surface area (Å²) in [4.78, 5) is 17.2. The van der Waals surface area contributed by atoms with E-state index in [-0.39, 0.29) is 11.8 Å². The van der Waals surface area contributed by atoms with Crippen LogP contribution in [0, 0.1) is 0 Å². The molecule has 2 bridgehead atoms. The molecule has 446 valence electrons. The van der Waals surface area contributed by atoms with Crippen LogP contribution in [0.5, 0.6) is 0 Å². The first-order valence-corrected chi connectivity index (χ1v) is 36.9. The maximum atomic E-state index is 5.80.